The van der Waals surface area contributed by atoms with Gasteiger partial charge >= 0.3 is 0 Å². The molecule has 0 N–H and O–H groups in total. The van der Waals surface area contributed by atoms with Crippen molar-refractivity contribution >= 4 is 0 Å². The molecule has 0 bridgehead atoms. The molecule has 0 aliphatic carbocycles. The molecule has 1 aliphatic rings. The summed E-state index contributed by atoms with van der Waals surface area (Å²) in [6, 6.07) is 0.574. The van der Waals surface area contributed by atoms with E-state index in [9.17, 15) is 0 Å². The Labute approximate surface area is 81.3 Å². The van der Waals surface area contributed by atoms with Crippen LogP contribution in [0.4, 0.5) is 0 Å². The number of ether oxygens (including phenoxy) is 1. The average molecular weight is 181 g/mol. The molecule has 0 radical (unpaired) electrons. The molecule has 0 aromatic carbocycles. The zero-order chi connectivity index (χ0) is 9.68. The second-order valence-electron chi connectivity index (χ2n) is 3.66. The van der Waals surface area contributed by atoms with E-state index in [1.165, 1.54) is 0 Å². The predicted octanol–water partition coefficient (Wildman–Crippen LogP) is 1.51. The molecule has 1 rings (SSSR count). The SMILES string of the molecule is C#CCCN1CC(C)OCC1CC. The third-order valence-corrected chi connectivity index (χ3v) is 2.60. The van der Waals surface area contributed by atoms with Gasteiger partial charge in [0.15, 0.2) is 0 Å². The molecule has 74 valence electrons. The highest BCUT2D eigenvalue weighted by atomic mass is 16.5. The lowest BCUT2D eigenvalue weighted by atomic mass is 10.1. The van der Waals surface area contributed by atoms with Crippen LogP contribution in [0.15, 0.2) is 0 Å². The molecule has 0 saturated carbocycles. The molecular weight excluding hydrogens is 162 g/mol. The van der Waals surface area contributed by atoms with Gasteiger partial charge < -0.3 is 4.74 Å². The van der Waals surface area contributed by atoms with Crippen molar-refractivity contribution in [2.24, 2.45) is 0 Å². The Bertz CT molecular complexity index is 185. The van der Waals surface area contributed by atoms with Crippen LogP contribution in [0.2, 0.25) is 0 Å². The molecule has 0 spiro atoms. The third-order valence-electron chi connectivity index (χ3n) is 2.60. The van der Waals surface area contributed by atoms with E-state index in [1.807, 2.05) is 0 Å². The fourth-order valence-electron chi connectivity index (χ4n) is 1.77. The zero-order valence-corrected chi connectivity index (χ0v) is 8.62. The third kappa shape index (κ3) is 3.02. The largest absolute Gasteiger partial charge is 0.376 e. The van der Waals surface area contributed by atoms with Gasteiger partial charge in [-0.1, -0.05) is 6.92 Å². The highest BCUT2D eigenvalue weighted by Crippen LogP contribution is 2.14. The summed E-state index contributed by atoms with van der Waals surface area (Å²) < 4.78 is 5.60. The van der Waals surface area contributed by atoms with Crippen LogP contribution < -0.4 is 0 Å². The Morgan fingerprint density at radius 1 is 1.62 bits per heavy atom. The molecule has 0 aromatic rings. The molecular formula is C11H19NO. The van der Waals surface area contributed by atoms with Gasteiger partial charge in [0, 0.05) is 25.6 Å². The van der Waals surface area contributed by atoms with Crippen LogP contribution in [0.25, 0.3) is 0 Å². The minimum Gasteiger partial charge on any atom is -0.376 e. The first-order chi connectivity index (χ1) is 6.27. The molecule has 2 atom stereocenters. The molecule has 13 heavy (non-hydrogen) atoms. The highest BCUT2D eigenvalue weighted by Gasteiger charge is 2.24. The van der Waals surface area contributed by atoms with Crippen LogP contribution in [0.5, 0.6) is 0 Å². The molecule has 1 fully saturated rings. The lowest BCUT2D eigenvalue weighted by Crippen LogP contribution is -2.48. The van der Waals surface area contributed by atoms with Crippen LogP contribution >= 0.6 is 0 Å². The van der Waals surface area contributed by atoms with E-state index in [4.69, 9.17) is 11.2 Å². The first kappa shape index (κ1) is 10.6. The van der Waals surface area contributed by atoms with Gasteiger partial charge in [-0.05, 0) is 13.3 Å². The van der Waals surface area contributed by atoms with E-state index in [1.54, 1.807) is 0 Å². The van der Waals surface area contributed by atoms with Crippen LogP contribution in [-0.4, -0.2) is 36.7 Å². The van der Waals surface area contributed by atoms with Crippen LogP contribution in [0, 0.1) is 12.3 Å². The first-order valence-electron chi connectivity index (χ1n) is 5.07. The van der Waals surface area contributed by atoms with Crippen molar-refractivity contribution < 1.29 is 4.74 Å². The number of terminal acetylenes is 1. The van der Waals surface area contributed by atoms with E-state index in [0.29, 0.717) is 12.1 Å². The topological polar surface area (TPSA) is 12.5 Å². The van der Waals surface area contributed by atoms with Crippen LogP contribution in [0.1, 0.15) is 26.7 Å². The van der Waals surface area contributed by atoms with Gasteiger partial charge in [0.05, 0.1) is 12.7 Å². The number of morpholine rings is 1. The maximum Gasteiger partial charge on any atom is 0.0674 e. The van der Waals surface area contributed by atoms with Gasteiger partial charge in [0.1, 0.15) is 0 Å². The monoisotopic (exact) mass is 181 g/mol. The minimum atomic E-state index is 0.362. The van der Waals surface area contributed by atoms with E-state index >= 15 is 0 Å². The van der Waals surface area contributed by atoms with E-state index in [2.05, 4.69) is 24.7 Å². The van der Waals surface area contributed by atoms with Gasteiger partial charge in [-0.2, -0.15) is 0 Å². The van der Waals surface area contributed by atoms with Crippen molar-refractivity contribution in [3.8, 4) is 12.3 Å². The Kier molecular flexibility index (Phi) is 4.27. The quantitative estimate of drug-likeness (QED) is 0.612. The minimum absolute atomic E-state index is 0.362. The average Bonchev–Trinajstić information content (AvgIpc) is 2.15. The summed E-state index contributed by atoms with van der Waals surface area (Å²) >= 11 is 0. The lowest BCUT2D eigenvalue weighted by Gasteiger charge is -2.37. The summed E-state index contributed by atoms with van der Waals surface area (Å²) in [4.78, 5) is 2.45. The summed E-state index contributed by atoms with van der Waals surface area (Å²) in [5.41, 5.74) is 0. The molecule has 0 amide bonds. The number of hydrogen-bond acceptors (Lipinski definition) is 2. The van der Waals surface area contributed by atoms with Crippen molar-refractivity contribution in [2.75, 3.05) is 19.7 Å². The number of nitrogens with zero attached hydrogens (tertiary/aromatic N) is 1. The molecule has 1 aliphatic heterocycles. The maximum absolute atomic E-state index is 5.60. The predicted molar refractivity (Wildman–Crippen MR) is 54.5 cm³/mol. The maximum atomic E-state index is 5.60. The number of rotatable bonds is 3. The van der Waals surface area contributed by atoms with Gasteiger partial charge in [0.25, 0.3) is 0 Å². The Morgan fingerprint density at radius 2 is 2.38 bits per heavy atom. The van der Waals surface area contributed by atoms with Gasteiger partial charge in [-0.25, -0.2) is 0 Å². The smallest absolute Gasteiger partial charge is 0.0674 e. The normalized spacial score (nSPS) is 29.9. The fraction of sp³-hybridized carbons (Fsp3) is 0.818. The summed E-state index contributed by atoms with van der Waals surface area (Å²) in [7, 11) is 0. The summed E-state index contributed by atoms with van der Waals surface area (Å²) in [5.74, 6) is 2.69. The van der Waals surface area contributed by atoms with Gasteiger partial charge in [0.2, 0.25) is 0 Å². The second kappa shape index (κ2) is 5.26. The van der Waals surface area contributed by atoms with Crippen LogP contribution in [0.3, 0.4) is 0 Å². The Balaban J connectivity index is 2.41. The molecule has 0 aromatic heterocycles. The molecule has 2 heteroatoms. The molecule has 1 heterocycles. The number of hydrogen-bond donors (Lipinski definition) is 0. The molecule has 2 nitrogen and oxygen atoms in total. The lowest BCUT2D eigenvalue weighted by molar-refractivity contribution is -0.0548. The summed E-state index contributed by atoms with van der Waals surface area (Å²) in [5, 5.41) is 0. The second-order valence-corrected chi connectivity index (χ2v) is 3.66. The summed E-state index contributed by atoms with van der Waals surface area (Å²) in [6.07, 6.45) is 7.62. The fourth-order valence-corrected chi connectivity index (χ4v) is 1.77. The van der Waals surface area contributed by atoms with E-state index in [0.717, 1.165) is 32.5 Å². The van der Waals surface area contributed by atoms with E-state index < -0.39 is 0 Å². The standard InChI is InChI=1S/C11H19NO/c1-4-6-7-12-8-10(3)13-9-11(12)5-2/h1,10-11H,5-9H2,2-3H3. The van der Waals surface area contributed by atoms with Gasteiger partial charge in [-0.15, -0.1) is 12.3 Å². The van der Waals surface area contributed by atoms with Crippen molar-refractivity contribution in [1.82, 2.24) is 4.90 Å². The first-order valence-corrected chi connectivity index (χ1v) is 5.07. The molecule has 2 unspecified atom stereocenters. The van der Waals surface area contributed by atoms with Crippen molar-refractivity contribution in [2.45, 2.75) is 38.8 Å². The van der Waals surface area contributed by atoms with Crippen LogP contribution in [-0.2, 0) is 4.74 Å². The van der Waals surface area contributed by atoms with E-state index in [-0.39, 0.29) is 0 Å². The summed E-state index contributed by atoms with van der Waals surface area (Å²) in [6.45, 7) is 7.23. The highest BCUT2D eigenvalue weighted by molar-refractivity contribution is 4.87. The van der Waals surface area contributed by atoms with Gasteiger partial charge in [-0.3, -0.25) is 4.90 Å². The Morgan fingerprint density at radius 3 is 3.00 bits per heavy atom. The Hall–Kier alpha value is -0.520. The van der Waals surface area contributed by atoms with Crippen molar-refractivity contribution in [3.05, 3.63) is 0 Å². The molecule has 1 saturated heterocycles. The zero-order valence-electron chi connectivity index (χ0n) is 8.62. The van der Waals surface area contributed by atoms with Crippen molar-refractivity contribution in [1.29, 1.82) is 0 Å². The van der Waals surface area contributed by atoms with Crippen molar-refractivity contribution in [3.63, 3.8) is 0 Å².